The monoisotopic (exact) mass is 230 g/mol. The molecule has 1 aromatic rings. The molecule has 0 amide bonds. The molecule has 1 aromatic carbocycles. The van der Waals surface area contributed by atoms with E-state index in [1.54, 1.807) is 25.1 Å². The van der Waals surface area contributed by atoms with E-state index in [0.717, 1.165) is 0 Å². The van der Waals surface area contributed by atoms with Gasteiger partial charge in [-0.3, -0.25) is 0 Å². The lowest BCUT2D eigenvalue weighted by Gasteiger charge is -2.12. The summed E-state index contributed by atoms with van der Waals surface area (Å²) in [5, 5.41) is 0. The summed E-state index contributed by atoms with van der Waals surface area (Å²) in [6, 6.07) is 7.78. The van der Waals surface area contributed by atoms with Crippen molar-refractivity contribution in [1.82, 2.24) is 4.72 Å². The molecule has 0 aliphatic rings. The molecule has 1 rings (SSSR count). The van der Waals surface area contributed by atoms with E-state index in [1.807, 2.05) is 0 Å². The zero-order valence-corrected chi connectivity index (χ0v) is 9.20. The van der Waals surface area contributed by atoms with E-state index in [4.69, 9.17) is 5.90 Å². The van der Waals surface area contributed by atoms with Crippen LogP contribution in [-0.4, -0.2) is 21.1 Å². The predicted molar refractivity (Wildman–Crippen MR) is 56.4 cm³/mol. The standard InChI is InChI=1S/C9H14N2O3S/c1-8(7-14-10)11-15(12,13)9-5-3-2-4-6-9/h2-6,8,11H,7,10H2,1H3. The van der Waals surface area contributed by atoms with Crippen LogP contribution in [-0.2, 0) is 14.9 Å². The van der Waals surface area contributed by atoms with Gasteiger partial charge >= 0.3 is 0 Å². The molecule has 0 spiro atoms. The second-order valence-electron chi connectivity index (χ2n) is 3.17. The van der Waals surface area contributed by atoms with Crippen molar-refractivity contribution in [2.24, 2.45) is 5.90 Å². The topological polar surface area (TPSA) is 81.4 Å². The minimum atomic E-state index is -3.47. The van der Waals surface area contributed by atoms with E-state index < -0.39 is 10.0 Å². The Hall–Kier alpha value is -0.950. The number of hydrogen-bond acceptors (Lipinski definition) is 4. The van der Waals surface area contributed by atoms with Gasteiger partial charge in [-0.25, -0.2) is 19.0 Å². The van der Waals surface area contributed by atoms with E-state index in [2.05, 4.69) is 9.56 Å². The second-order valence-corrected chi connectivity index (χ2v) is 4.88. The first-order valence-corrected chi connectivity index (χ1v) is 5.93. The van der Waals surface area contributed by atoms with Crippen LogP contribution in [0.3, 0.4) is 0 Å². The van der Waals surface area contributed by atoms with Crippen molar-refractivity contribution in [3.63, 3.8) is 0 Å². The van der Waals surface area contributed by atoms with E-state index in [9.17, 15) is 8.42 Å². The molecule has 0 saturated heterocycles. The second kappa shape index (κ2) is 5.22. The molecule has 0 heterocycles. The predicted octanol–water partition coefficient (Wildman–Crippen LogP) is 0.244. The van der Waals surface area contributed by atoms with Crippen molar-refractivity contribution in [2.45, 2.75) is 17.9 Å². The Morgan fingerprint density at radius 3 is 2.53 bits per heavy atom. The van der Waals surface area contributed by atoms with Gasteiger partial charge in [0, 0.05) is 6.04 Å². The van der Waals surface area contributed by atoms with Crippen LogP contribution < -0.4 is 10.6 Å². The Morgan fingerprint density at radius 1 is 1.40 bits per heavy atom. The maximum Gasteiger partial charge on any atom is 0.240 e. The third kappa shape index (κ3) is 3.60. The normalized spacial score (nSPS) is 13.7. The molecular formula is C9H14N2O3S. The SMILES string of the molecule is CC(CON)NS(=O)(=O)c1ccccc1. The lowest BCUT2D eigenvalue weighted by atomic mass is 10.4. The first kappa shape index (κ1) is 12.1. The summed E-state index contributed by atoms with van der Waals surface area (Å²) in [6.45, 7) is 1.80. The van der Waals surface area contributed by atoms with Gasteiger partial charge in [-0.2, -0.15) is 0 Å². The maximum atomic E-state index is 11.7. The summed E-state index contributed by atoms with van der Waals surface area (Å²) in [5.74, 6) is 4.85. The average molecular weight is 230 g/mol. The molecule has 15 heavy (non-hydrogen) atoms. The van der Waals surface area contributed by atoms with Crippen molar-refractivity contribution in [1.29, 1.82) is 0 Å². The Kier molecular flexibility index (Phi) is 4.22. The van der Waals surface area contributed by atoms with Gasteiger partial charge in [0.25, 0.3) is 0 Å². The summed E-state index contributed by atoms with van der Waals surface area (Å²) >= 11 is 0. The summed E-state index contributed by atoms with van der Waals surface area (Å²) < 4.78 is 25.9. The minimum absolute atomic E-state index is 0.131. The Labute approximate surface area is 89.2 Å². The summed E-state index contributed by atoms with van der Waals surface area (Å²) in [4.78, 5) is 4.59. The third-order valence-electron chi connectivity index (χ3n) is 1.76. The number of hydrogen-bond donors (Lipinski definition) is 2. The first-order valence-electron chi connectivity index (χ1n) is 4.45. The van der Waals surface area contributed by atoms with Crippen LogP contribution in [0.2, 0.25) is 0 Å². The number of benzene rings is 1. The van der Waals surface area contributed by atoms with Gasteiger partial charge < -0.3 is 4.84 Å². The number of rotatable bonds is 5. The Balaban J connectivity index is 2.77. The molecule has 0 aliphatic heterocycles. The quantitative estimate of drug-likeness (QED) is 0.710. The van der Waals surface area contributed by atoms with Crippen LogP contribution in [0, 0.1) is 0 Å². The van der Waals surface area contributed by atoms with Crippen LogP contribution in [0.5, 0.6) is 0 Å². The van der Waals surface area contributed by atoms with Gasteiger partial charge in [0.2, 0.25) is 10.0 Å². The van der Waals surface area contributed by atoms with Crippen molar-refractivity contribution in [2.75, 3.05) is 6.61 Å². The fraction of sp³-hybridized carbons (Fsp3) is 0.333. The maximum absolute atomic E-state index is 11.7. The molecular weight excluding hydrogens is 216 g/mol. The molecule has 0 aromatic heterocycles. The van der Waals surface area contributed by atoms with E-state index >= 15 is 0 Å². The molecule has 5 nitrogen and oxygen atoms in total. The minimum Gasteiger partial charge on any atom is -0.303 e. The number of nitrogens with one attached hydrogen (secondary N) is 1. The van der Waals surface area contributed by atoms with Gasteiger partial charge in [0.05, 0.1) is 11.5 Å². The zero-order chi connectivity index (χ0) is 11.3. The molecule has 6 heteroatoms. The van der Waals surface area contributed by atoms with Gasteiger partial charge in [0.1, 0.15) is 0 Å². The van der Waals surface area contributed by atoms with E-state index in [1.165, 1.54) is 12.1 Å². The lowest BCUT2D eigenvalue weighted by Crippen LogP contribution is -2.36. The summed E-state index contributed by atoms with van der Waals surface area (Å²) in [6.07, 6.45) is 0. The van der Waals surface area contributed by atoms with Gasteiger partial charge in [-0.1, -0.05) is 18.2 Å². The molecule has 0 fully saturated rings. The fourth-order valence-corrected chi connectivity index (χ4v) is 2.36. The summed E-state index contributed by atoms with van der Waals surface area (Å²) in [5.41, 5.74) is 0. The van der Waals surface area contributed by atoms with Crippen LogP contribution in [0.25, 0.3) is 0 Å². The number of nitrogens with two attached hydrogens (primary N) is 1. The zero-order valence-electron chi connectivity index (χ0n) is 8.38. The van der Waals surface area contributed by atoms with Gasteiger partial charge in [0.15, 0.2) is 0 Å². The highest BCUT2D eigenvalue weighted by Gasteiger charge is 2.16. The fourth-order valence-electron chi connectivity index (χ4n) is 1.11. The van der Waals surface area contributed by atoms with Crippen molar-refractivity contribution >= 4 is 10.0 Å². The molecule has 0 aliphatic carbocycles. The van der Waals surface area contributed by atoms with Crippen LogP contribution in [0.1, 0.15) is 6.92 Å². The number of sulfonamides is 1. The van der Waals surface area contributed by atoms with Crippen LogP contribution in [0.4, 0.5) is 0 Å². The van der Waals surface area contributed by atoms with E-state index in [-0.39, 0.29) is 17.5 Å². The van der Waals surface area contributed by atoms with Crippen molar-refractivity contribution in [3.8, 4) is 0 Å². The molecule has 0 radical (unpaired) electrons. The Bertz CT molecular complexity index is 391. The van der Waals surface area contributed by atoms with Crippen LogP contribution >= 0.6 is 0 Å². The van der Waals surface area contributed by atoms with Crippen LogP contribution in [0.15, 0.2) is 35.2 Å². The molecule has 1 atom stereocenters. The highest BCUT2D eigenvalue weighted by atomic mass is 32.2. The average Bonchev–Trinajstić information content (AvgIpc) is 2.18. The smallest absolute Gasteiger partial charge is 0.240 e. The van der Waals surface area contributed by atoms with E-state index in [0.29, 0.717) is 0 Å². The molecule has 84 valence electrons. The highest BCUT2D eigenvalue weighted by Crippen LogP contribution is 2.07. The highest BCUT2D eigenvalue weighted by molar-refractivity contribution is 7.89. The van der Waals surface area contributed by atoms with Gasteiger partial charge in [-0.05, 0) is 19.1 Å². The van der Waals surface area contributed by atoms with Crippen molar-refractivity contribution < 1.29 is 13.3 Å². The molecule has 1 unspecified atom stereocenters. The van der Waals surface area contributed by atoms with Crippen molar-refractivity contribution in [3.05, 3.63) is 30.3 Å². The first-order chi connectivity index (χ1) is 7.06. The largest absolute Gasteiger partial charge is 0.303 e. The van der Waals surface area contributed by atoms with Gasteiger partial charge in [-0.15, -0.1) is 0 Å². The summed E-state index contributed by atoms with van der Waals surface area (Å²) in [7, 11) is -3.47. The molecule has 3 N–H and O–H groups in total. The molecule has 0 bridgehead atoms. The molecule has 0 saturated carbocycles. The Morgan fingerprint density at radius 2 is 2.00 bits per heavy atom. The third-order valence-corrected chi connectivity index (χ3v) is 3.36. The lowest BCUT2D eigenvalue weighted by molar-refractivity contribution is 0.124.